The number of rotatable bonds is 6. The number of para-hydroxylation sites is 2. The van der Waals surface area contributed by atoms with Gasteiger partial charge in [0.1, 0.15) is 11.5 Å². The summed E-state index contributed by atoms with van der Waals surface area (Å²) in [5.41, 5.74) is 1.78. The molecule has 4 heterocycles. The summed E-state index contributed by atoms with van der Waals surface area (Å²) >= 11 is 2.13. The molecule has 2 amide bonds. The summed E-state index contributed by atoms with van der Waals surface area (Å²) < 4.78 is 15.7. The van der Waals surface area contributed by atoms with Crippen molar-refractivity contribution in [3.8, 4) is 0 Å². The molecule has 1 N–H and O–H groups in total. The van der Waals surface area contributed by atoms with Crippen LogP contribution in [0.4, 0.5) is 4.79 Å². The van der Waals surface area contributed by atoms with Crippen molar-refractivity contribution < 1.29 is 28.0 Å². The van der Waals surface area contributed by atoms with Crippen LogP contribution in [0.2, 0.25) is 0 Å². The Morgan fingerprint density at radius 2 is 2.03 bits per heavy atom. The summed E-state index contributed by atoms with van der Waals surface area (Å²) in [6.45, 7) is -0.0929. The van der Waals surface area contributed by atoms with Crippen LogP contribution in [0.25, 0.3) is 17.1 Å². The average molecular weight is 482 g/mol. The van der Waals surface area contributed by atoms with Gasteiger partial charge >= 0.3 is 5.97 Å². The molecule has 0 unspecified atom stereocenters. The maximum atomic E-state index is 12.7. The van der Waals surface area contributed by atoms with E-state index in [0.717, 1.165) is 27.7 Å². The second-order valence-electron chi connectivity index (χ2n) is 6.84. The van der Waals surface area contributed by atoms with Gasteiger partial charge in [0.05, 0.1) is 29.6 Å². The van der Waals surface area contributed by atoms with Crippen molar-refractivity contribution in [3.05, 3.63) is 70.7 Å². The number of fused-ring (bicyclic) bond motifs is 1. The second kappa shape index (κ2) is 8.68. The van der Waals surface area contributed by atoms with Gasteiger partial charge in [-0.3, -0.25) is 14.5 Å². The Morgan fingerprint density at radius 1 is 1.18 bits per heavy atom. The summed E-state index contributed by atoms with van der Waals surface area (Å²) in [6.07, 6.45) is 1.52. The topological polar surface area (TPSA) is 119 Å². The number of nitrogens with zero attached hydrogens (tertiary/aromatic N) is 2. The highest BCUT2D eigenvalue weighted by Crippen LogP contribution is 2.35. The quantitative estimate of drug-likeness (QED) is 0.302. The monoisotopic (exact) mass is 481 g/mol. The number of nitrogens with one attached hydrogen (secondary N) is 1. The second-order valence-corrected chi connectivity index (χ2v) is 8.83. The molecule has 1 saturated heterocycles. The number of benzene rings is 1. The number of furan rings is 2. The number of carbonyl (C=O) groups is 3. The van der Waals surface area contributed by atoms with E-state index < -0.39 is 17.1 Å². The number of aromatic nitrogens is 2. The molecule has 33 heavy (non-hydrogen) atoms. The van der Waals surface area contributed by atoms with Crippen molar-refractivity contribution >= 4 is 57.7 Å². The third kappa shape index (κ3) is 4.32. The molecule has 4 aromatic rings. The molecule has 0 atom stereocenters. The Kier molecular flexibility index (Phi) is 5.56. The van der Waals surface area contributed by atoms with Crippen LogP contribution in [0, 0.1) is 0 Å². The molecule has 5 rings (SSSR count). The lowest BCUT2D eigenvalue weighted by Gasteiger charge is -2.09. The lowest BCUT2D eigenvalue weighted by molar-refractivity contribution is -0.123. The van der Waals surface area contributed by atoms with Crippen molar-refractivity contribution in [2.24, 2.45) is 0 Å². The average Bonchev–Trinajstić information content (AvgIpc) is 3.58. The molecule has 0 saturated carbocycles. The van der Waals surface area contributed by atoms with Gasteiger partial charge in [-0.2, -0.15) is 0 Å². The first-order valence-electron chi connectivity index (χ1n) is 9.65. The van der Waals surface area contributed by atoms with E-state index in [1.807, 2.05) is 24.3 Å². The number of hydrogen-bond donors (Lipinski definition) is 1. The van der Waals surface area contributed by atoms with E-state index in [-0.39, 0.29) is 17.2 Å². The van der Waals surface area contributed by atoms with Crippen LogP contribution >= 0.6 is 23.5 Å². The third-order valence-corrected chi connectivity index (χ3v) is 6.39. The van der Waals surface area contributed by atoms with Crippen molar-refractivity contribution in [3.63, 3.8) is 0 Å². The normalized spacial score (nSPS) is 15.2. The molecule has 11 heteroatoms. The lowest BCUT2D eigenvalue weighted by Crippen LogP contribution is -2.27. The number of aromatic amines is 1. The molecule has 166 valence electrons. The van der Waals surface area contributed by atoms with Crippen LogP contribution < -0.4 is 0 Å². The number of imide groups is 1. The zero-order valence-electron chi connectivity index (χ0n) is 17.1. The van der Waals surface area contributed by atoms with Gasteiger partial charge in [-0.05, 0) is 59.9 Å². The molecule has 0 radical (unpaired) electrons. The van der Waals surface area contributed by atoms with Crippen LogP contribution in [0.3, 0.4) is 0 Å². The van der Waals surface area contributed by atoms with Crippen LogP contribution in [-0.2, 0) is 16.1 Å². The molecule has 0 spiro atoms. The maximum Gasteiger partial charge on any atom is 0.373 e. The highest BCUT2D eigenvalue weighted by molar-refractivity contribution is 8.18. The standard InChI is InChI=1S/C22H15N3O6S2/c1-29-20(27)16-8-6-13(30-16)11-25-19(26)17(32-22(25)28)10-12-7-9-18(31-12)33-21-23-14-4-2-3-5-15(14)24-21/h2-10H,11H2,1H3,(H,23,24)/b17-10-. The summed E-state index contributed by atoms with van der Waals surface area (Å²) in [4.78, 5) is 45.6. The fraction of sp³-hybridized carbons (Fsp3) is 0.0909. The van der Waals surface area contributed by atoms with Gasteiger partial charge in [-0.25, -0.2) is 9.78 Å². The number of imidazole rings is 1. The first-order chi connectivity index (χ1) is 16.0. The zero-order valence-corrected chi connectivity index (χ0v) is 18.7. The summed E-state index contributed by atoms with van der Waals surface area (Å²) in [6, 6.07) is 14.1. The van der Waals surface area contributed by atoms with E-state index in [1.54, 1.807) is 12.1 Å². The summed E-state index contributed by atoms with van der Waals surface area (Å²) in [7, 11) is 1.24. The fourth-order valence-corrected chi connectivity index (χ4v) is 4.72. The van der Waals surface area contributed by atoms with Gasteiger partial charge < -0.3 is 18.6 Å². The molecule has 1 aliphatic rings. The summed E-state index contributed by atoms with van der Waals surface area (Å²) in [5, 5.41) is 0.832. The van der Waals surface area contributed by atoms with Gasteiger partial charge in [0, 0.05) is 6.08 Å². The smallest absolute Gasteiger partial charge is 0.373 e. The molecular formula is C22H15N3O6S2. The molecular weight excluding hydrogens is 466 g/mol. The van der Waals surface area contributed by atoms with E-state index in [0.29, 0.717) is 21.8 Å². The van der Waals surface area contributed by atoms with Crippen LogP contribution in [-0.4, -0.2) is 39.1 Å². The third-order valence-electron chi connectivity index (χ3n) is 4.68. The highest BCUT2D eigenvalue weighted by Gasteiger charge is 2.36. The van der Waals surface area contributed by atoms with Crippen LogP contribution in [0.1, 0.15) is 22.1 Å². The van der Waals surface area contributed by atoms with Gasteiger partial charge in [0.25, 0.3) is 11.1 Å². The van der Waals surface area contributed by atoms with Crippen LogP contribution in [0.15, 0.2) is 72.5 Å². The fourth-order valence-electron chi connectivity index (χ4n) is 3.13. The minimum absolute atomic E-state index is 0.0000756. The molecule has 9 nitrogen and oxygen atoms in total. The maximum absolute atomic E-state index is 12.7. The minimum atomic E-state index is -0.635. The lowest BCUT2D eigenvalue weighted by atomic mass is 10.3. The van der Waals surface area contributed by atoms with Crippen molar-refractivity contribution in [1.82, 2.24) is 14.9 Å². The Labute approximate surface area is 195 Å². The van der Waals surface area contributed by atoms with Gasteiger partial charge in [0.15, 0.2) is 10.2 Å². The highest BCUT2D eigenvalue weighted by atomic mass is 32.2. The number of amides is 2. The predicted molar refractivity (Wildman–Crippen MR) is 120 cm³/mol. The number of ether oxygens (including phenoxy) is 1. The Morgan fingerprint density at radius 3 is 2.85 bits per heavy atom. The SMILES string of the molecule is COC(=O)c1ccc(CN2C(=O)S/C(=C\c3ccc(Sc4nc5ccccc5[nH]4)o3)C2=O)o1. The number of esters is 1. The van der Waals surface area contributed by atoms with Crippen molar-refractivity contribution in [2.45, 2.75) is 16.8 Å². The van der Waals surface area contributed by atoms with E-state index in [4.69, 9.17) is 8.83 Å². The van der Waals surface area contributed by atoms with Gasteiger partial charge in [-0.15, -0.1) is 0 Å². The van der Waals surface area contributed by atoms with Gasteiger partial charge in [-0.1, -0.05) is 12.1 Å². The van der Waals surface area contributed by atoms with Crippen molar-refractivity contribution in [2.75, 3.05) is 7.11 Å². The van der Waals surface area contributed by atoms with Gasteiger partial charge in [0.2, 0.25) is 5.76 Å². The molecule has 1 fully saturated rings. The first kappa shape index (κ1) is 21.2. The Balaban J connectivity index is 1.28. The molecule has 1 aliphatic heterocycles. The zero-order chi connectivity index (χ0) is 22.9. The summed E-state index contributed by atoms with van der Waals surface area (Å²) in [5.74, 6) is -0.375. The van der Waals surface area contributed by atoms with E-state index in [9.17, 15) is 14.4 Å². The Bertz CT molecular complexity index is 1380. The molecule has 3 aromatic heterocycles. The van der Waals surface area contributed by atoms with Crippen LogP contribution in [0.5, 0.6) is 0 Å². The minimum Gasteiger partial charge on any atom is -0.463 e. The van der Waals surface area contributed by atoms with Crippen molar-refractivity contribution in [1.29, 1.82) is 0 Å². The van der Waals surface area contributed by atoms with E-state index in [2.05, 4.69) is 14.7 Å². The first-order valence-corrected chi connectivity index (χ1v) is 11.3. The number of carbonyl (C=O) groups excluding carboxylic acids is 3. The number of methoxy groups -OCH3 is 1. The van der Waals surface area contributed by atoms with E-state index >= 15 is 0 Å². The predicted octanol–water partition coefficient (Wildman–Crippen LogP) is 4.92. The molecule has 0 aliphatic carbocycles. The molecule has 1 aromatic carbocycles. The number of hydrogen-bond acceptors (Lipinski definition) is 9. The number of H-pyrrole nitrogens is 1. The molecule has 0 bridgehead atoms. The van der Waals surface area contributed by atoms with E-state index in [1.165, 1.54) is 37.1 Å². The Hall–Kier alpha value is -3.70. The largest absolute Gasteiger partial charge is 0.463 e. The number of thioether (sulfide) groups is 1.